The first-order valence-electron chi connectivity index (χ1n) is 22.1. The molecule has 9 aromatic carbocycles. The predicted molar refractivity (Wildman–Crippen MR) is 265 cm³/mol. The Bertz CT molecular complexity index is 3880. The molecule has 3 heterocycles. The van der Waals surface area contributed by atoms with Gasteiger partial charge < -0.3 is 8.83 Å². The molecule has 0 radical (unpaired) electrons. The van der Waals surface area contributed by atoms with E-state index in [0.717, 1.165) is 82.8 Å². The van der Waals surface area contributed by atoms with Gasteiger partial charge in [-0.05, 0) is 98.1 Å². The van der Waals surface area contributed by atoms with Gasteiger partial charge in [0.2, 0.25) is 0 Å². The second kappa shape index (κ2) is 14.3. The average molecular weight is 834 g/mol. The van der Waals surface area contributed by atoms with Gasteiger partial charge in [-0.1, -0.05) is 172 Å². The van der Waals surface area contributed by atoms with E-state index >= 15 is 0 Å². The standard InChI is InChI=1S/C60H39N3O2/c1-60(2)49-25-10-8-20-42(49)43-31-29-40(35-50(43)60)38-18-12-17-37(33-38)39-30-32-52-48(34-39)56-47(24-14-28-54(56)65-52)59-62-57(44-21-7-6-19-41(44)36-15-4-3-5-16-36)61-58(63-59)46-23-13-27-53-55(46)45-22-9-11-26-51(45)64-53/h3-35H,1-2H3. The molecule has 0 aliphatic heterocycles. The summed E-state index contributed by atoms with van der Waals surface area (Å²) in [4.78, 5) is 16.0. The lowest BCUT2D eigenvalue weighted by atomic mass is 9.81. The molecule has 0 fully saturated rings. The van der Waals surface area contributed by atoms with E-state index in [-0.39, 0.29) is 5.41 Å². The molecule has 1 aliphatic carbocycles. The van der Waals surface area contributed by atoms with Crippen molar-refractivity contribution in [1.82, 2.24) is 15.0 Å². The molecule has 12 aromatic rings. The Morgan fingerprint density at radius 2 is 0.785 bits per heavy atom. The maximum atomic E-state index is 6.61. The third kappa shape index (κ3) is 5.89. The van der Waals surface area contributed by atoms with Crippen LogP contribution in [0.3, 0.4) is 0 Å². The number of para-hydroxylation sites is 1. The number of fused-ring (bicyclic) bond motifs is 9. The fraction of sp³-hybridized carbons (Fsp3) is 0.0500. The van der Waals surface area contributed by atoms with E-state index in [2.05, 4.69) is 159 Å². The van der Waals surface area contributed by atoms with Crippen molar-refractivity contribution < 1.29 is 8.83 Å². The summed E-state index contributed by atoms with van der Waals surface area (Å²) in [5.41, 5.74) is 17.9. The lowest BCUT2D eigenvalue weighted by Crippen LogP contribution is -2.14. The Hall–Kier alpha value is -8.41. The minimum atomic E-state index is -0.0725. The molecule has 0 saturated carbocycles. The predicted octanol–water partition coefficient (Wildman–Crippen LogP) is 16.0. The zero-order valence-electron chi connectivity index (χ0n) is 35.7. The highest BCUT2D eigenvalue weighted by molar-refractivity contribution is 6.14. The number of rotatable bonds is 6. The molecule has 65 heavy (non-hydrogen) atoms. The third-order valence-corrected chi connectivity index (χ3v) is 13.4. The molecule has 5 heteroatoms. The molecule has 0 amide bonds. The first-order valence-corrected chi connectivity index (χ1v) is 22.1. The molecule has 0 N–H and O–H groups in total. The summed E-state index contributed by atoms with van der Waals surface area (Å²) >= 11 is 0. The second-order valence-electron chi connectivity index (χ2n) is 17.5. The van der Waals surface area contributed by atoms with Crippen LogP contribution in [0.15, 0.2) is 209 Å². The Morgan fingerprint density at radius 3 is 1.52 bits per heavy atom. The minimum Gasteiger partial charge on any atom is -0.456 e. The molecule has 1 aliphatic rings. The molecule has 5 nitrogen and oxygen atoms in total. The number of nitrogens with zero attached hydrogens (tertiary/aromatic N) is 3. The summed E-state index contributed by atoms with van der Waals surface area (Å²) in [6.45, 7) is 4.67. The number of aromatic nitrogens is 3. The van der Waals surface area contributed by atoms with E-state index in [1.54, 1.807) is 0 Å². The lowest BCUT2D eigenvalue weighted by Gasteiger charge is -2.22. The minimum absolute atomic E-state index is 0.0725. The van der Waals surface area contributed by atoms with Crippen molar-refractivity contribution >= 4 is 43.9 Å². The fourth-order valence-corrected chi connectivity index (χ4v) is 10.2. The summed E-state index contributed by atoms with van der Waals surface area (Å²) < 4.78 is 13.0. The van der Waals surface area contributed by atoms with Crippen LogP contribution in [0, 0.1) is 0 Å². The molecule has 0 atom stereocenters. The Morgan fingerprint density at radius 1 is 0.308 bits per heavy atom. The van der Waals surface area contributed by atoms with Crippen molar-refractivity contribution in [2.45, 2.75) is 19.3 Å². The van der Waals surface area contributed by atoms with Gasteiger partial charge in [0.1, 0.15) is 22.3 Å². The van der Waals surface area contributed by atoms with Gasteiger partial charge in [0.05, 0.1) is 0 Å². The number of hydrogen-bond acceptors (Lipinski definition) is 5. The molecule has 0 spiro atoms. The van der Waals surface area contributed by atoms with Crippen LogP contribution in [-0.2, 0) is 5.41 Å². The van der Waals surface area contributed by atoms with E-state index in [9.17, 15) is 0 Å². The summed E-state index contributed by atoms with van der Waals surface area (Å²) in [6.07, 6.45) is 0. The van der Waals surface area contributed by atoms with Crippen molar-refractivity contribution in [3.8, 4) is 78.7 Å². The monoisotopic (exact) mass is 833 g/mol. The zero-order valence-corrected chi connectivity index (χ0v) is 35.7. The van der Waals surface area contributed by atoms with Gasteiger partial charge in [0, 0.05) is 43.7 Å². The van der Waals surface area contributed by atoms with Gasteiger partial charge in [0.25, 0.3) is 0 Å². The van der Waals surface area contributed by atoms with Crippen molar-refractivity contribution in [2.24, 2.45) is 0 Å². The summed E-state index contributed by atoms with van der Waals surface area (Å²) in [7, 11) is 0. The molecular formula is C60H39N3O2. The maximum absolute atomic E-state index is 6.61. The number of benzene rings is 9. The van der Waals surface area contributed by atoms with Gasteiger partial charge in [0.15, 0.2) is 17.5 Å². The first kappa shape index (κ1) is 37.2. The fourth-order valence-electron chi connectivity index (χ4n) is 10.2. The van der Waals surface area contributed by atoms with Gasteiger partial charge in [-0.15, -0.1) is 0 Å². The highest BCUT2D eigenvalue weighted by Crippen LogP contribution is 2.50. The van der Waals surface area contributed by atoms with Crippen LogP contribution in [0.5, 0.6) is 0 Å². The Kier molecular flexibility index (Phi) is 8.18. The van der Waals surface area contributed by atoms with Crippen LogP contribution in [0.25, 0.3) is 123 Å². The van der Waals surface area contributed by atoms with E-state index in [1.807, 2.05) is 54.6 Å². The molecule has 0 saturated heterocycles. The van der Waals surface area contributed by atoms with Crippen LogP contribution in [-0.4, -0.2) is 15.0 Å². The van der Waals surface area contributed by atoms with E-state index in [4.69, 9.17) is 23.8 Å². The molecule has 0 unspecified atom stereocenters. The second-order valence-corrected chi connectivity index (χ2v) is 17.5. The average Bonchev–Trinajstić information content (AvgIpc) is 4.01. The maximum Gasteiger partial charge on any atom is 0.164 e. The first-order chi connectivity index (χ1) is 32.0. The smallest absolute Gasteiger partial charge is 0.164 e. The Balaban J connectivity index is 0.979. The summed E-state index contributed by atoms with van der Waals surface area (Å²) in [5.74, 6) is 1.70. The topological polar surface area (TPSA) is 65.0 Å². The van der Waals surface area contributed by atoms with Crippen LogP contribution in [0.4, 0.5) is 0 Å². The van der Waals surface area contributed by atoms with Crippen LogP contribution >= 0.6 is 0 Å². The van der Waals surface area contributed by atoms with Crippen molar-refractivity contribution in [3.63, 3.8) is 0 Å². The quantitative estimate of drug-likeness (QED) is 0.167. The van der Waals surface area contributed by atoms with Crippen LogP contribution < -0.4 is 0 Å². The van der Waals surface area contributed by atoms with E-state index in [0.29, 0.717) is 17.5 Å². The van der Waals surface area contributed by atoms with Crippen molar-refractivity contribution in [3.05, 3.63) is 211 Å². The van der Waals surface area contributed by atoms with Gasteiger partial charge >= 0.3 is 0 Å². The molecule has 0 bridgehead atoms. The summed E-state index contributed by atoms with van der Waals surface area (Å²) in [6, 6.07) is 70.2. The normalized spacial score (nSPS) is 12.9. The molecule has 3 aromatic heterocycles. The van der Waals surface area contributed by atoms with Gasteiger partial charge in [-0.2, -0.15) is 0 Å². The SMILES string of the molecule is CC1(C)c2ccccc2-c2ccc(-c3cccc(-c4ccc5oc6cccc(-c7nc(-c8ccccc8-c8ccccc8)nc(-c8cccc9oc%10ccccc%10c89)n7)c6c5c4)c3)cc21. The highest BCUT2D eigenvalue weighted by Gasteiger charge is 2.35. The van der Waals surface area contributed by atoms with E-state index < -0.39 is 0 Å². The van der Waals surface area contributed by atoms with Gasteiger partial charge in [-0.3, -0.25) is 0 Å². The van der Waals surface area contributed by atoms with Crippen LogP contribution in [0.1, 0.15) is 25.0 Å². The molecule has 13 rings (SSSR count). The largest absolute Gasteiger partial charge is 0.456 e. The van der Waals surface area contributed by atoms with E-state index in [1.165, 1.54) is 33.4 Å². The highest BCUT2D eigenvalue weighted by atomic mass is 16.3. The van der Waals surface area contributed by atoms with Crippen LogP contribution in [0.2, 0.25) is 0 Å². The summed E-state index contributed by atoms with van der Waals surface area (Å²) in [5, 5.41) is 3.92. The lowest BCUT2D eigenvalue weighted by molar-refractivity contribution is 0.660. The van der Waals surface area contributed by atoms with Gasteiger partial charge in [-0.25, -0.2) is 15.0 Å². The molecule has 306 valence electrons. The zero-order chi connectivity index (χ0) is 43.2. The van der Waals surface area contributed by atoms with Crippen molar-refractivity contribution in [2.75, 3.05) is 0 Å². The third-order valence-electron chi connectivity index (χ3n) is 13.4. The molecular weight excluding hydrogens is 795 g/mol. The number of furan rings is 2. The van der Waals surface area contributed by atoms with Crippen molar-refractivity contribution in [1.29, 1.82) is 0 Å². The number of hydrogen-bond donors (Lipinski definition) is 0. The Labute approximate surface area is 375 Å².